The number of rotatable bonds is 2. The second kappa shape index (κ2) is 3.88. The van der Waals surface area contributed by atoms with Crippen LogP contribution in [-0.2, 0) is 0 Å². The van der Waals surface area contributed by atoms with Gasteiger partial charge in [-0.05, 0) is 24.3 Å². The number of allylic oxidation sites excluding steroid dienone is 2. The molecular formula is C12H12O3. The van der Waals surface area contributed by atoms with Gasteiger partial charge in [0, 0.05) is 0 Å². The number of ether oxygens (including phenoxy) is 1. The Morgan fingerprint density at radius 3 is 2.47 bits per heavy atom. The van der Waals surface area contributed by atoms with Gasteiger partial charge in [0.1, 0.15) is 5.75 Å². The third-order valence-electron chi connectivity index (χ3n) is 2.16. The van der Waals surface area contributed by atoms with Crippen LogP contribution < -0.4 is 4.74 Å². The third kappa shape index (κ3) is 2.26. The van der Waals surface area contributed by atoms with Gasteiger partial charge in [-0.15, -0.1) is 0 Å². The molecule has 0 fully saturated rings. The summed E-state index contributed by atoms with van der Waals surface area (Å²) in [6.45, 7) is 0. The van der Waals surface area contributed by atoms with E-state index in [1.807, 2.05) is 18.2 Å². The fraction of sp³-hybridized carbons (Fsp3) is 0.167. The summed E-state index contributed by atoms with van der Waals surface area (Å²) in [6.07, 6.45) is 5.42. The Labute approximate surface area is 87.9 Å². The van der Waals surface area contributed by atoms with Crippen LogP contribution in [0.3, 0.4) is 0 Å². The van der Waals surface area contributed by atoms with Gasteiger partial charge in [-0.3, -0.25) is 0 Å². The Balaban J connectivity index is 2.13. The minimum absolute atomic E-state index is 0.606. The molecule has 1 unspecified atom stereocenters. The van der Waals surface area contributed by atoms with Gasteiger partial charge in [-0.2, -0.15) is 0 Å². The van der Waals surface area contributed by atoms with Crippen LogP contribution in [0.5, 0.6) is 5.75 Å². The van der Waals surface area contributed by atoms with Gasteiger partial charge in [0.15, 0.2) is 6.10 Å². The van der Waals surface area contributed by atoms with E-state index in [0.29, 0.717) is 5.75 Å². The predicted octanol–water partition coefficient (Wildman–Crippen LogP) is 1.24. The maximum Gasteiger partial charge on any atom is 0.225 e. The molecule has 1 aromatic carbocycles. The van der Waals surface area contributed by atoms with E-state index in [9.17, 15) is 10.2 Å². The van der Waals surface area contributed by atoms with E-state index >= 15 is 0 Å². The fourth-order valence-electron chi connectivity index (χ4n) is 1.37. The number of hydrogen-bond donors (Lipinski definition) is 2. The smallest absolute Gasteiger partial charge is 0.225 e. The zero-order chi connectivity index (χ0) is 10.7. The Morgan fingerprint density at radius 1 is 1.07 bits per heavy atom. The third-order valence-corrected chi connectivity index (χ3v) is 2.16. The summed E-state index contributed by atoms with van der Waals surface area (Å²) < 4.78 is 5.43. The van der Waals surface area contributed by atoms with Crippen molar-refractivity contribution in [1.82, 2.24) is 0 Å². The zero-order valence-corrected chi connectivity index (χ0v) is 8.08. The van der Waals surface area contributed by atoms with Gasteiger partial charge in [-0.25, -0.2) is 0 Å². The fourth-order valence-corrected chi connectivity index (χ4v) is 1.37. The van der Waals surface area contributed by atoms with Gasteiger partial charge in [-0.1, -0.05) is 30.4 Å². The maximum absolute atomic E-state index is 9.59. The van der Waals surface area contributed by atoms with E-state index in [2.05, 4.69) is 0 Å². The van der Waals surface area contributed by atoms with E-state index < -0.39 is 11.9 Å². The Bertz CT molecular complexity index is 379. The molecule has 0 amide bonds. The number of para-hydroxylation sites is 1. The summed E-state index contributed by atoms with van der Waals surface area (Å²) in [6, 6.07) is 9.06. The molecule has 0 bridgehead atoms. The molecule has 0 radical (unpaired) electrons. The molecule has 1 aliphatic rings. The molecule has 0 aliphatic heterocycles. The summed E-state index contributed by atoms with van der Waals surface area (Å²) in [7, 11) is 0. The summed E-state index contributed by atoms with van der Waals surface area (Å²) in [5.74, 6) is -1.33. The first-order valence-corrected chi connectivity index (χ1v) is 4.71. The van der Waals surface area contributed by atoms with Crippen LogP contribution >= 0.6 is 0 Å². The molecule has 2 N–H and O–H groups in total. The molecule has 3 heteroatoms. The van der Waals surface area contributed by atoms with Crippen LogP contribution in [0.4, 0.5) is 0 Å². The predicted molar refractivity (Wildman–Crippen MR) is 56.3 cm³/mol. The highest BCUT2D eigenvalue weighted by Gasteiger charge is 2.33. The Kier molecular flexibility index (Phi) is 2.58. The van der Waals surface area contributed by atoms with Crippen LogP contribution in [0.15, 0.2) is 54.6 Å². The highest BCUT2D eigenvalue weighted by molar-refractivity contribution is 5.25. The maximum atomic E-state index is 9.59. The molecule has 0 saturated carbocycles. The molecule has 2 rings (SSSR count). The minimum Gasteiger partial charge on any atom is -0.480 e. The summed E-state index contributed by atoms with van der Waals surface area (Å²) >= 11 is 0. The topological polar surface area (TPSA) is 49.7 Å². The van der Waals surface area contributed by atoms with Crippen LogP contribution in [0.2, 0.25) is 0 Å². The zero-order valence-electron chi connectivity index (χ0n) is 8.08. The van der Waals surface area contributed by atoms with E-state index in [1.54, 1.807) is 30.4 Å². The number of aliphatic hydroxyl groups is 2. The first-order valence-electron chi connectivity index (χ1n) is 4.71. The van der Waals surface area contributed by atoms with Crippen molar-refractivity contribution in [2.24, 2.45) is 0 Å². The Hall–Kier alpha value is -1.58. The standard InChI is InChI=1S/C12H12O3/c13-12(14)9-5-4-8-11(12)15-10-6-2-1-3-7-10/h1-9,11,13-14H. The molecule has 15 heavy (non-hydrogen) atoms. The average Bonchev–Trinajstić information content (AvgIpc) is 2.23. The minimum atomic E-state index is -1.94. The summed E-state index contributed by atoms with van der Waals surface area (Å²) in [5, 5.41) is 19.2. The van der Waals surface area contributed by atoms with Crippen molar-refractivity contribution in [2.75, 3.05) is 0 Å². The molecule has 0 heterocycles. The molecule has 0 saturated heterocycles. The van der Waals surface area contributed by atoms with Crippen molar-refractivity contribution in [1.29, 1.82) is 0 Å². The highest BCUT2D eigenvalue weighted by Crippen LogP contribution is 2.21. The quantitative estimate of drug-likeness (QED) is 0.712. The molecule has 1 atom stereocenters. The van der Waals surface area contributed by atoms with Crippen LogP contribution in [0.1, 0.15) is 0 Å². The second-order valence-electron chi connectivity index (χ2n) is 3.38. The van der Waals surface area contributed by atoms with E-state index in [-0.39, 0.29) is 0 Å². The van der Waals surface area contributed by atoms with Crippen LogP contribution in [0.25, 0.3) is 0 Å². The SMILES string of the molecule is OC1(O)C=CC=CC1Oc1ccccc1. The van der Waals surface area contributed by atoms with Crippen LogP contribution in [0, 0.1) is 0 Å². The number of benzene rings is 1. The second-order valence-corrected chi connectivity index (χ2v) is 3.38. The molecule has 3 nitrogen and oxygen atoms in total. The van der Waals surface area contributed by atoms with Gasteiger partial charge in [0.2, 0.25) is 5.79 Å². The molecule has 78 valence electrons. The van der Waals surface area contributed by atoms with E-state index in [1.165, 1.54) is 6.08 Å². The average molecular weight is 204 g/mol. The molecule has 0 aromatic heterocycles. The van der Waals surface area contributed by atoms with Crippen molar-refractivity contribution in [3.05, 3.63) is 54.6 Å². The normalized spacial score (nSPS) is 22.7. The van der Waals surface area contributed by atoms with Crippen molar-refractivity contribution in [2.45, 2.75) is 11.9 Å². The molecule has 0 spiro atoms. The lowest BCUT2D eigenvalue weighted by molar-refractivity contribution is -0.166. The van der Waals surface area contributed by atoms with Crippen molar-refractivity contribution >= 4 is 0 Å². The lowest BCUT2D eigenvalue weighted by Crippen LogP contribution is -2.43. The summed E-state index contributed by atoms with van der Waals surface area (Å²) in [4.78, 5) is 0. The van der Waals surface area contributed by atoms with Gasteiger partial charge in [0.25, 0.3) is 0 Å². The number of hydrogen-bond acceptors (Lipinski definition) is 3. The van der Waals surface area contributed by atoms with E-state index in [0.717, 1.165) is 0 Å². The molecular weight excluding hydrogens is 192 g/mol. The Morgan fingerprint density at radius 2 is 1.80 bits per heavy atom. The van der Waals surface area contributed by atoms with Gasteiger partial charge >= 0.3 is 0 Å². The van der Waals surface area contributed by atoms with Crippen molar-refractivity contribution < 1.29 is 14.9 Å². The first-order chi connectivity index (χ1) is 7.18. The lowest BCUT2D eigenvalue weighted by Gasteiger charge is -2.28. The molecule has 1 aromatic rings. The first kappa shape index (κ1) is 9.96. The van der Waals surface area contributed by atoms with Gasteiger partial charge in [0.05, 0.1) is 0 Å². The highest BCUT2D eigenvalue weighted by atomic mass is 16.6. The monoisotopic (exact) mass is 204 g/mol. The van der Waals surface area contributed by atoms with Crippen molar-refractivity contribution in [3.63, 3.8) is 0 Å². The lowest BCUT2D eigenvalue weighted by atomic mass is 10.0. The largest absolute Gasteiger partial charge is 0.480 e. The summed E-state index contributed by atoms with van der Waals surface area (Å²) in [5.41, 5.74) is 0. The molecule has 1 aliphatic carbocycles. The van der Waals surface area contributed by atoms with E-state index in [4.69, 9.17) is 4.74 Å². The van der Waals surface area contributed by atoms with Gasteiger partial charge < -0.3 is 14.9 Å². The van der Waals surface area contributed by atoms with Crippen LogP contribution in [-0.4, -0.2) is 22.1 Å². The van der Waals surface area contributed by atoms with Crippen molar-refractivity contribution in [3.8, 4) is 5.75 Å².